The van der Waals surface area contributed by atoms with E-state index in [9.17, 15) is 4.79 Å². The van der Waals surface area contributed by atoms with Crippen LogP contribution < -0.4 is 11.1 Å². The third kappa shape index (κ3) is 5.18. The first-order valence-electron chi connectivity index (χ1n) is 6.26. The van der Waals surface area contributed by atoms with Crippen LogP contribution in [0.1, 0.15) is 12.0 Å². The molecule has 0 radical (unpaired) electrons. The lowest BCUT2D eigenvalue weighted by Gasteiger charge is -2.04. The molecule has 0 aliphatic carbocycles. The quantitative estimate of drug-likeness (QED) is 0.603. The van der Waals surface area contributed by atoms with Crippen LogP contribution in [0.25, 0.3) is 0 Å². The molecular formula is C13H16N4OS2. The van der Waals surface area contributed by atoms with Gasteiger partial charge in [-0.3, -0.25) is 4.79 Å². The Bertz CT molecular complexity index is 544. The van der Waals surface area contributed by atoms with Gasteiger partial charge in [-0.1, -0.05) is 53.4 Å². The number of rotatable bonds is 7. The monoisotopic (exact) mass is 308 g/mol. The minimum absolute atomic E-state index is 0.0110. The van der Waals surface area contributed by atoms with Crippen LogP contribution >= 0.6 is 23.1 Å². The van der Waals surface area contributed by atoms with E-state index in [1.165, 1.54) is 28.7 Å². The van der Waals surface area contributed by atoms with Crippen molar-refractivity contribution in [2.75, 3.05) is 18.0 Å². The average Bonchev–Trinajstić information content (AvgIpc) is 2.88. The smallest absolute Gasteiger partial charge is 0.230 e. The summed E-state index contributed by atoms with van der Waals surface area (Å²) < 4.78 is 0.724. The second kappa shape index (κ2) is 7.86. The standard InChI is InChI=1S/C13H16N4OS2/c14-12-16-17-13(20-12)19-9-11(18)15-8-4-7-10-5-2-1-3-6-10/h1-3,5-6H,4,7-9H2,(H2,14,16)(H,15,18). The van der Waals surface area contributed by atoms with E-state index < -0.39 is 0 Å². The molecule has 7 heteroatoms. The van der Waals surface area contributed by atoms with Crippen LogP contribution in [0.2, 0.25) is 0 Å². The summed E-state index contributed by atoms with van der Waals surface area (Å²) in [7, 11) is 0. The summed E-state index contributed by atoms with van der Waals surface area (Å²) in [5.41, 5.74) is 6.76. The van der Waals surface area contributed by atoms with Crippen LogP contribution in [-0.4, -0.2) is 28.4 Å². The number of hydrogen-bond acceptors (Lipinski definition) is 6. The predicted molar refractivity (Wildman–Crippen MR) is 82.8 cm³/mol. The molecule has 2 rings (SSSR count). The molecule has 2 aromatic rings. The van der Waals surface area contributed by atoms with Crippen molar-refractivity contribution in [3.8, 4) is 0 Å². The Labute approximate surface area is 126 Å². The molecule has 0 saturated heterocycles. The molecule has 0 unspecified atom stereocenters. The van der Waals surface area contributed by atoms with E-state index in [-0.39, 0.29) is 5.91 Å². The zero-order chi connectivity index (χ0) is 14.2. The average molecular weight is 308 g/mol. The highest BCUT2D eigenvalue weighted by molar-refractivity contribution is 8.01. The van der Waals surface area contributed by atoms with Crippen LogP contribution in [-0.2, 0) is 11.2 Å². The number of aryl methyl sites for hydroxylation is 1. The van der Waals surface area contributed by atoms with Gasteiger partial charge in [0, 0.05) is 6.54 Å². The highest BCUT2D eigenvalue weighted by Crippen LogP contribution is 2.22. The van der Waals surface area contributed by atoms with Crippen molar-refractivity contribution in [1.82, 2.24) is 15.5 Å². The maximum atomic E-state index is 11.6. The molecule has 0 spiro atoms. The number of nitrogens with two attached hydrogens (primary N) is 1. The lowest BCUT2D eigenvalue weighted by molar-refractivity contribution is -0.118. The Kier molecular flexibility index (Phi) is 5.82. The molecule has 0 bridgehead atoms. The summed E-state index contributed by atoms with van der Waals surface area (Å²) in [5.74, 6) is 0.358. The number of nitrogens with zero attached hydrogens (tertiary/aromatic N) is 2. The number of hydrogen-bond donors (Lipinski definition) is 2. The maximum absolute atomic E-state index is 11.6. The fourth-order valence-corrected chi connectivity index (χ4v) is 3.09. The van der Waals surface area contributed by atoms with E-state index in [0.29, 0.717) is 17.4 Å². The molecule has 5 nitrogen and oxygen atoms in total. The Morgan fingerprint density at radius 3 is 2.80 bits per heavy atom. The van der Waals surface area contributed by atoms with Crippen LogP contribution in [0.4, 0.5) is 5.13 Å². The molecule has 20 heavy (non-hydrogen) atoms. The van der Waals surface area contributed by atoms with E-state index in [1.54, 1.807) is 0 Å². The van der Waals surface area contributed by atoms with Crippen molar-refractivity contribution in [1.29, 1.82) is 0 Å². The highest BCUT2D eigenvalue weighted by atomic mass is 32.2. The van der Waals surface area contributed by atoms with Crippen LogP contribution in [0.15, 0.2) is 34.7 Å². The first-order valence-corrected chi connectivity index (χ1v) is 8.06. The molecule has 0 aliphatic rings. The van der Waals surface area contributed by atoms with E-state index in [1.807, 2.05) is 18.2 Å². The van der Waals surface area contributed by atoms with E-state index in [0.717, 1.165) is 17.2 Å². The fraction of sp³-hybridized carbons (Fsp3) is 0.308. The Morgan fingerprint density at radius 1 is 1.30 bits per heavy atom. The molecule has 1 heterocycles. The molecule has 1 amide bonds. The summed E-state index contributed by atoms with van der Waals surface area (Å²) in [4.78, 5) is 11.6. The second-order valence-corrected chi connectivity index (χ2v) is 6.37. The molecule has 0 aliphatic heterocycles. The van der Waals surface area contributed by atoms with Gasteiger partial charge in [-0.25, -0.2) is 0 Å². The zero-order valence-electron chi connectivity index (χ0n) is 10.9. The molecule has 1 aromatic heterocycles. The largest absolute Gasteiger partial charge is 0.374 e. The normalized spacial score (nSPS) is 10.4. The van der Waals surface area contributed by atoms with E-state index in [4.69, 9.17) is 5.73 Å². The summed E-state index contributed by atoms with van der Waals surface area (Å²) in [6.45, 7) is 0.687. The van der Waals surface area contributed by atoms with Crippen molar-refractivity contribution in [3.05, 3.63) is 35.9 Å². The number of anilines is 1. The van der Waals surface area contributed by atoms with Crippen molar-refractivity contribution >= 4 is 34.1 Å². The van der Waals surface area contributed by atoms with Gasteiger partial charge in [0.1, 0.15) is 0 Å². The van der Waals surface area contributed by atoms with Crippen molar-refractivity contribution < 1.29 is 4.79 Å². The van der Waals surface area contributed by atoms with Crippen molar-refractivity contribution in [3.63, 3.8) is 0 Å². The predicted octanol–water partition coefficient (Wildman–Crippen LogP) is 1.96. The first-order chi connectivity index (χ1) is 9.74. The van der Waals surface area contributed by atoms with Crippen LogP contribution in [0, 0.1) is 0 Å². The summed E-state index contributed by atoms with van der Waals surface area (Å²) in [6.07, 6.45) is 1.91. The number of amides is 1. The van der Waals surface area contributed by atoms with Crippen molar-refractivity contribution in [2.24, 2.45) is 0 Å². The van der Waals surface area contributed by atoms with Gasteiger partial charge in [0.15, 0.2) is 4.34 Å². The summed E-state index contributed by atoms with van der Waals surface area (Å²) >= 11 is 2.65. The topological polar surface area (TPSA) is 80.9 Å². The lowest BCUT2D eigenvalue weighted by Crippen LogP contribution is -2.26. The Balaban J connectivity index is 1.58. The second-order valence-electron chi connectivity index (χ2n) is 4.13. The minimum Gasteiger partial charge on any atom is -0.374 e. The van der Waals surface area contributed by atoms with Gasteiger partial charge >= 0.3 is 0 Å². The molecule has 1 aromatic carbocycles. The number of nitrogens with one attached hydrogen (secondary N) is 1. The first kappa shape index (κ1) is 14.8. The van der Waals surface area contributed by atoms with Gasteiger partial charge in [-0.05, 0) is 18.4 Å². The fourth-order valence-electron chi connectivity index (χ4n) is 1.62. The molecule has 3 N–H and O–H groups in total. The zero-order valence-corrected chi connectivity index (χ0v) is 12.5. The van der Waals surface area contributed by atoms with Gasteiger partial charge in [0.2, 0.25) is 11.0 Å². The van der Waals surface area contributed by atoms with Gasteiger partial charge in [-0.2, -0.15) is 0 Å². The number of thioether (sulfide) groups is 1. The third-order valence-corrected chi connectivity index (χ3v) is 4.44. The number of aromatic nitrogens is 2. The summed E-state index contributed by atoms with van der Waals surface area (Å²) in [5, 5.41) is 10.9. The third-order valence-electron chi connectivity index (χ3n) is 2.56. The number of carbonyl (C=O) groups excluding carboxylic acids is 1. The van der Waals surface area contributed by atoms with Gasteiger partial charge in [0.05, 0.1) is 5.75 Å². The number of nitrogen functional groups attached to an aromatic ring is 1. The molecule has 0 atom stereocenters. The molecule has 0 saturated carbocycles. The van der Waals surface area contributed by atoms with Gasteiger partial charge in [-0.15, -0.1) is 10.2 Å². The van der Waals surface area contributed by atoms with Crippen molar-refractivity contribution in [2.45, 2.75) is 17.2 Å². The molecular weight excluding hydrogens is 292 g/mol. The molecule has 0 fully saturated rings. The van der Waals surface area contributed by atoms with E-state index >= 15 is 0 Å². The maximum Gasteiger partial charge on any atom is 0.230 e. The van der Waals surface area contributed by atoms with Gasteiger partial charge in [0.25, 0.3) is 0 Å². The lowest BCUT2D eigenvalue weighted by atomic mass is 10.1. The van der Waals surface area contributed by atoms with E-state index in [2.05, 4.69) is 27.6 Å². The minimum atomic E-state index is 0.0110. The Hall–Kier alpha value is -1.60. The number of benzene rings is 1. The highest BCUT2D eigenvalue weighted by Gasteiger charge is 2.06. The number of carbonyl (C=O) groups is 1. The Morgan fingerprint density at radius 2 is 2.10 bits per heavy atom. The summed E-state index contributed by atoms with van der Waals surface area (Å²) in [6, 6.07) is 10.2. The van der Waals surface area contributed by atoms with Crippen LogP contribution in [0.3, 0.4) is 0 Å². The van der Waals surface area contributed by atoms with Gasteiger partial charge < -0.3 is 11.1 Å². The SMILES string of the molecule is Nc1nnc(SCC(=O)NCCCc2ccccc2)s1. The van der Waals surface area contributed by atoms with Crippen LogP contribution in [0.5, 0.6) is 0 Å². The molecule has 106 valence electrons.